The molecule has 0 radical (unpaired) electrons. The average molecular weight is 519 g/mol. The first kappa shape index (κ1) is 29.0. The normalized spacial score (nSPS) is 32.6. The summed E-state index contributed by atoms with van der Waals surface area (Å²) in [6.07, 6.45) is 6.56. The van der Waals surface area contributed by atoms with Gasteiger partial charge in [0.05, 0.1) is 18.3 Å². The van der Waals surface area contributed by atoms with E-state index < -0.39 is 6.10 Å². The van der Waals surface area contributed by atoms with Crippen LogP contribution in [0.15, 0.2) is 48.5 Å². The Morgan fingerprint density at radius 3 is 2.16 bits per heavy atom. The maximum absolute atomic E-state index is 13.1. The van der Waals surface area contributed by atoms with Gasteiger partial charge in [-0.2, -0.15) is 0 Å². The highest BCUT2D eigenvalue weighted by Crippen LogP contribution is 2.44. The zero-order valence-corrected chi connectivity index (χ0v) is 24.5. The van der Waals surface area contributed by atoms with Crippen LogP contribution in [0.4, 0.5) is 0 Å². The smallest absolute Gasteiger partial charge is 0.163 e. The van der Waals surface area contributed by atoms with Crippen LogP contribution in [0.3, 0.4) is 0 Å². The summed E-state index contributed by atoms with van der Waals surface area (Å²) in [6, 6.07) is 16.9. The lowest BCUT2D eigenvalue weighted by atomic mass is 9.67. The summed E-state index contributed by atoms with van der Waals surface area (Å²) in [6.45, 7) is 13.3. The van der Waals surface area contributed by atoms with E-state index in [4.69, 9.17) is 4.74 Å². The van der Waals surface area contributed by atoms with Crippen LogP contribution in [0.1, 0.15) is 106 Å². The highest BCUT2D eigenvalue weighted by Gasteiger charge is 2.44. The molecule has 38 heavy (non-hydrogen) atoms. The third kappa shape index (κ3) is 6.77. The number of hydrogen-bond donors (Lipinski definition) is 1. The molecule has 9 atom stereocenters. The lowest BCUT2D eigenvalue weighted by Crippen LogP contribution is -2.51. The molecule has 2 fully saturated rings. The fourth-order valence-corrected chi connectivity index (χ4v) is 7.31. The molecule has 1 aliphatic heterocycles. The van der Waals surface area contributed by atoms with Gasteiger partial charge < -0.3 is 9.84 Å². The zero-order chi connectivity index (χ0) is 27.4. The molecular weight excluding hydrogens is 468 g/mol. The second-order valence-electron chi connectivity index (χ2n) is 12.7. The van der Waals surface area contributed by atoms with Gasteiger partial charge in [0, 0.05) is 12.0 Å². The molecule has 2 aromatic rings. The van der Waals surface area contributed by atoms with Gasteiger partial charge in [0.25, 0.3) is 0 Å². The van der Waals surface area contributed by atoms with Crippen LogP contribution in [0, 0.1) is 43.4 Å². The fraction of sp³-hybridized carbons (Fsp3) is 0.629. The van der Waals surface area contributed by atoms with E-state index in [1.54, 1.807) is 0 Å². The summed E-state index contributed by atoms with van der Waals surface area (Å²) in [5.41, 5.74) is 4.66. The molecule has 1 aliphatic carbocycles. The maximum Gasteiger partial charge on any atom is 0.163 e. The van der Waals surface area contributed by atoms with E-state index in [-0.39, 0.29) is 23.9 Å². The molecule has 208 valence electrons. The molecule has 2 aliphatic rings. The van der Waals surface area contributed by atoms with Crippen LogP contribution in [0.25, 0.3) is 0 Å². The lowest BCUT2D eigenvalue weighted by molar-refractivity contribution is -0.183. The van der Waals surface area contributed by atoms with E-state index in [1.165, 1.54) is 23.1 Å². The highest BCUT2D eigenvalue weighted by molar-refractivity contribution is 5.96. The van der Waals surface area contributed by atoms with Gasteiger partial charge in [-0.25, -0.2) is 0 Å². The van der Waals surface area contributed by atoms with Crippen molar-refractivity contribution in [3.63, 3.8) is 0 Å². The minimum Gasteiger partial charge on any atom is -0.390 e. The molecule has 0 amide bonds. The van der Waals surface area contributed by atoms with Gasteiger partial charge in [0.2, 0.25) is 0 Å². The highest BCUT2D eigenvalue weighted by atomic mass is 16.5. The predicted molar refractivity (Wildman–Crippen MR) is 157 cm³/mol. The van der Waals surface area contributed by atoms with Crippen LogP contribution in [-0.2, 0) is 4.74 Å². The van der Waals surface area contributed by atoms with Gasteiger partial charge in [-0.15, -0.1) is 0 Å². The number of aliphatic hydroxyl groups is 1. The Kier molecular flexibility index (Phi) is 9.87. The number of hydrogen-bond acceptors (Lipinski definition) is 3. The first-order valence-corrected chi connectivity index (χ1v) is 15.2. The molecule has 5 unspecified atom stereocenters. The van der Waals surface area contributed by atoms with Crippen LogP contribution < -0.4 is 0 Å². The van der Waals surface area contributed by atoms with E-state index in [0.717, 1.165) is 37.7 Å². The largest absolute Gasteiger partial charge is 0.390 e. The SMILES string of the molecule is CCC1O[C@@H](C[C@@H]2CCCC(CC(=O)c3ccc(C)cc3)C2C)C(O)[C@@H](CC(C)c2ccc(C)cc2)[C@H]1C. The van der Waals surface area contributed by atoms with Gasteiger partial charge >= 0.3 is 0 Å². The molecular formula is C35H50O3. The van der Waals surface area contributed by atoms with Crippen LogP contribution in [-0.4, -0.2) is 29.2 Å². The van der Waals surface area contributed by atoms with Crippen molar-refractivity contribution >= 4 is 5.78 Å². The Bertz CT molecular complexity index is 1030. The van der Waals surface area contributed by atoms with E-state index in [0.29, 0.717) is 36.0 Å². The molecule has 1 saturated carbocycles. The fourth-order valence-electron chi connectivity index (χ4n) is 7.31. The van der Waals surface area contributed by atoms with E-state index in [1.807, 2.05) is 24.3 Å². The summed E-state index contributed by atoms with van der Waals surface area (Å²) < 4.78 is 6.62. The Balaban J connectivity index is 1.42. The second-order valence-corrected chi connectivity index (χ2v) is 12.7. The van der Waals surface area contributed by atoms with Gasteiger partial charge in [-0.05, 0) is 80.6 Å². The minimum atomic E-state index is -0.442. The zero-order valence-electron chi connectivity index (χ0n) is 24.5. The predicted octanol–water partition coefficient (Wildman–Crippen LogP) is 8.30. The maximum atomic E-state index is 13.1. The Hall–Kier alpha value is -1.97. The molecule has 1 saturated heterocycles. The van der Waals surface area contributed by atoms with Crippen LogP contribution in [0.5, 0.6) is 0 Å². The lowest BCUT2D eigenvalue weighted by Gasteiger charge is -2.47. The monoisotopic (exact) mass is 518 g/mol. The third-order valence-electron chi connectivity index (χ3n) is 10.1. The topological polar surface area (TPSA) is 46.5 Å². The Morgan fingerprint density at radius 2 is 1.53 bits per heavy atom. The number of carbonyl (C=O) groups is 1. The summed E-state index contributed by atoms with van der Waals surface area (Å²) in [7, 11) is 0. The van der Waals surface area contributed by atoms with E-state index in [9.17, 15) is 9.90 Å². The molecule has 0 aromatic heterocycles. The number of ether oxygens (including phenoxy) is 1. The molecule has 0 bridgehead atoms. The van der Waals surface area contributed by atoms with Crippen molar-refractivity contribution in [1.82, 2.24) is 0 Å². The number of ketones is 1. The summed E-state index contributed by atoms with van der Waals surface area (Å²) in [5, 5.41) is 11.7. The molecule has 2 aromatic carbocycles. The standard InChI is InChI=1S/C35H50O3/c1-7-33-26(6)31(19-24(4)27-15-11-22(2)12-16-27)35(37)34(38-33)21-30-10-8-9-29(25(30)5)20-32(36)28-17-13-23(3)14-18-28/h11-18,24-26,29-31,33-35,37H,7-10,19-21H2,1-6H3/t24?,25?,26-,29?,30+,31+,33?,34+,35?/m1/s1. The van der Waals surface area contributed by atoms with Gasteiger partial charge in [-0.1, -0.05) is 100 Å². The van der Waals surface area contributed by atoms with E-state index in [2.05, 4.69) is 65.8 Å². The molecule has 3 heteroatoms. The third-order valence-corrected chi connectivity index (χ3v) is 10.1. The van der Waals surface area contributed by atoms with Crippen molar-refractivity contribution in [2.45, 2.75) is 111 Å². The first-order valence-electron chi connectivity index (χ1n) is 15.2. The Labute approximate surface area is 231 Å². The summed E-state index contributed by atoms with van der Waals surface area (Å²) in [4.78, 5) is 13.1. The van der Waals surface area contributed by atoms with Crippen LogP contribution in [0.2, 0.25) is 0 Å². The van der Waals surface area contributed by atoms with Crippen molar-refractivity contribution in [2.24, 2.45) is 29.6 Å². The number of carbonyl (C=O) groups excluding carboxylic acids is 1. The van der Waals surface area contributed by atoms with E-state index >= 15 is 0 Å². The van der Waals surface area contributed by atoms with Crippen molar-refractivity contribution in [1.29, 1.82) is 0 Å². The minimum absolute atomic E-state index is 0.120. The summed E-state index contributed by atoms with van der Waals surface area (Å²) >= 11 is 0. The molecule has 1 N–H and O–H groups in total. The van der Waals surface area contributed by atoms with Gasteiger partial charge in [0.15, 0.2) is 5.78 Å². The summed E-state index contributed by atoms with van der Waals surface area (Å²) in [5.74, 6) is 2.58. The Morgan fingerprint density at radius 1 is 0.921 bits per heavy atom. The van der Waals surface area contributed by atoms with Crippen molar-refractivity contribution in [2.75, 3.05) is 0 Å². The number of rotatable bonds is 9. The average Bonchev–Trinajstić information content (AvgIpc) is 2.91. The molecule has 4 rings (SSSR count). The first-order chi connectivity index (χ1) is 18.2. The van der Waals surface area contributed by atoms with Crippen LogP contribution >= 0.6 is 0 Å². The quantitative estimate of drug-likeness (QED) is 0.340. The number of Topliss-reactive ketones (excluding diaryl/α,β-unsaturated/α-hetero) is 1. The number of benzene rings is 2. The molecule has 3 nitrogen and oxygen atoms in total. The van der Waals surface area contributed by atoms with Crippen molar-refractivity contribution in [3.05, 3.63) is 70.8 Å². The molecule has 1 heterocycles. The van der Waals surface area contributed by atoms with Gasteiger partial charge in [-0.3, -0.25) is 4.79 Å². The van der Waals surface area contributed by atoms with Crippen molar-refractivity contribution in [3.8, 4) is 0 Å². The second kappa shape index (κ2) is 12.9. The van der Waals surface area contributed by atoms with Crippen molar-refractivity contribution < 1.29 is 14.6 Å². The number of aryl methyl sites for hydroxylation is 2. The number of aliphatic hydroxyl groups excluding tert-OH is 1. The molecule has 0 spiro atoms. The van der Waals surface area contributed by atoms with Gasteiger partial charge in [0.1, 0.15) is 0 Å².